The molecule has 0 spiro atoms. The number of halogens is 9. The minimum atomic E-state index is -6.04. The van der Waals surface area contributed by atoms with E-state index in [9.17, 15) is 44.3 Å². The van der Waals surface area contributed by atoms with Crippen molar-refractivity contribution in [3.63, 3.8) is 0 Å². The summed E-state index contributed by atoms with van der Waals surface area (Å²) in [5.74, 6) is -1.59. The van der Waals surface area contributed by atoms with Crippen LogP contribution in [-0.2, 0) is 14.3 Å². The highest BCUT2D eigenvalue weighted by molar-refractivity contribution is 5.88. The molecule has 0 heterocycles. The first-order valence-electron chi connectivity index (χ1n) is 6.32. The molecule has 0 fully saturated rings. The van der Waals surface area contributed by atoms with Crippen LogP contribution in [0.25, 0.3) is 0 Å². The van der Waals surface area contributed by atoms with E-state index in [2.05, 4.69) is 16.1 Å². The van der Waals surface area contributed by atoms with Gasteiger partial charge in [-0.25, -0.2) is 4.79 Å². The molecule has 0 aliphatic rings. The Hall–Kier alpha value is -1.50. The molecule has 0 bridgehead atoms. The van der Waals surface area contributed by atoms with Gasteiger partial charge in [-0.15, -0.1) is 0 Å². The van der Waals surface area contributed by atoms with Crippen molar-refractivity contribution in [1.29, 1.82) is 0 Å². The molecule has 13 heteroatoms. The second-order valence-corrected chi connectivity index (χ2v) is 4.85. The lowest BCUT2D eigenvalue weighted by Crippen LogP contribution is -2.57. The van der Waals surface area contributed by atoms with Crippen molar-refractivity contribution in [2.75, 3.05) is 13.2 Å². The van der Waals surface area contributed by atoms with E-state index in [0.717, 1.165) is 0 Å². The van der Waals surface area contributed by atoms with Crippen LogP contribution in [-0.4, -0.2) is 54.5 Å². The first-order chi connectivity index (χ1) is 10.9. The number of alkyl halides is 9. The summed E-state index contributed by atoms with van der Waals surface area (Å²) in [5.41, 5.74) is -5.80. The molecule has 0 saturated carbocycles. The Bertz CT molecular complexity index is 464. The van der Waals surface area contributed by atoms with Gasteiger partial charge >= 0.3 is 24.5 Å². The van der Waals surface area contributed by atoms with Gasteiger partial charge in [-0.1, -0.05) is 6.58 Å². The van der Waals surface area contributed by atoms with Crippen LogP contribution in [0.2, 0.25) is 0 Å². The molecule has 1 atom stereocenters. The van der Waals surface area contributed by atoms with E-state index in [1.165, 1.54) is 0 Å². The summed E-state index contributed by atoms with van der Waals surface area (Å²) in [6.45, 7) is 1.15. The number of rotatable bonds is 7. The van der Waals surface area contributed by atoms with Crippen LogP contribution < -0.4 is 0 Å². The van der Waals surface area contributed by atoms with Gasteiger partial charge in [-0.3, -0.25) is 0 Å². The zero-order chi connectivity index (χ0) is 20.3. The minimum Gasteiger partial charge on any atom is -0.450 e. The molecule has 0 aliphatic heterocycles. The molecule has 0 aromatic carbocycles. The number of hydrogen-bond donors (Lipinski definition) is 1. The molecule has 148 valence electrons. The Balaban J connectivity index is 4.57. The third-order valence-electron chi connectivity index (χ3n) is 2.86. The van der Waals surface area contributed by atoms with E-state index >= 15 is 0 Å². The molecule has 4 nitrogen and oxygen atoms in total. The summed E-state index contributed by atoms with van der Waals surface area (Å²) >= 11 is 0. The molecule has 0 radical (unpaired) electrons. The molecule has 1 unspecified atom stereocenters. The third kappa shape index (κ3) is 6.38. The van der Waals surface area contributed by atoms with Crippen LogP contribution in [0.5, 0.6) is 0 Å². The van der Waals surface area contributed by atoms with Gasteiger partial charge in [0.25, 0.3) is 5.60 Å². The summed E-state index contributed by atoms with van der Waals surface area (Å²) in [6, 6.07) is 0. The van der Waals surface area contributed by atoms with Crippen LogP contribution in [0.1, 0.15) is 13.3 Å². The van der Waals surface area contributed by atoms with Crippen molar-refractivity contribution < 1.29 is 58.9 Å². The minimum absolute atomic E-state index is 0.499. The Kier molecular flexibility index (Phi) is 7.34. The lowest BCUT2D eigenvalue weighted by atomic mass is 9.99. The van der Waals surface area contributed by atoms with Crippen molar-refractivity contribution in [3.05, 3.63) is 12.2 Å². The first-order valence-corrected chi connectivity index (χ1v) is 6.32. The average molecular weight is 392 g/mol. The van der Waals surface area contributed by atoms with Crippen LogP contribution in [0.15, 0.2) is 12.2 Å². The highest BCUT2D eigenvalue weighted by Crippen LogP contribution is 2.45. The molecule has 0 aromatic heterocycles. The van der Waals surface area contributed by atoms with E-state index in [1.54, 1.807) is 0 Å². The van der Waals surface area contributed by atoms with Crippen LogP contribution >= 0.6 is 0 Å². The summed E-state index contributed by atoms with van der Waals surface area (Å²) in [5, 5.41) is 8.80. The average Bonchev–Trinajstić information content (AvgIpc) is 2.39. The smallest absolute Gasteiger partial charge is 0.426 e. The number of ether oxygens (including phenoxy) is 2. The number of aliphatic hydroxyl groups is 1. The molecular formula is C12H13F9O4. The van der Waals surface area contributed by atoms with E-state index < -0.39 is 61.4 Å². The quantitative estimate of drug-likeness (QED) is 0.313. The molecular weight excluding hydrogens is 379 g/mol. The van der Waals surface area contributed by atoms with Gasteiger partial charge in [0.05, 0.1) is 18.8 Å². The number of carbonyl (C=O) groups excluding carboxylic acids is 1. The molecule has 0 saturated heterocycles. The van der Waals surface area contributed by atoms with Gasteiger partial charge in [0.2, 0.25) is 0 Å². The van der Waals surface area contributed by atoms with Gasteiger partial charge in [0.1, 0.15) is 0 Å². The first kappa shape index (κ1) is 23.5. The fourth-order valence-corrected chi connectivity index (χ4v) is 1.23. The predicted molar refractivity (Wildman–Crippen MR) is 63.2 cm³/mol. The molecule has 0 aliphatic carbocycles. The van der Waals surface area contributed by atoms with Crippen molar-refractivity contribution in [3.8, 4) is 0 Å². The maximum atomic E-state index is 12.3. The predicted octanol–water partition coefficient (Wildman–Crippen LogP) is 3.30. The number of carbonyl (C=O) groups is 1. The van der Waals surface area contributed by atoms with Crippen molar-refractivity contribution in [2.24, 2.45) is 0 Å². The van der Waals surface area contributed by atoms with Gasteiger partial charge < -0.3 is 14.6 Å². The Morgan fingerprint density at radius 1 is 1.04 bits per heavy atom. The van der Waals surface area contributed by atoms with Crippen LogP contribution in [0.3, 0.4) is 0 Å². The second kappa shape index (κ2) is 7.81. The Morgan fingerprint density at radius 3 is 1.84 bits per heavy atom. The zero-order valence-electron chi connectivity index (χ0n) is 12.5. The van der Waals surface area contributed by atoms with E-state index in [1.807, 2.05) is 0 Å². The van der Waals surface area contributed by atoms with Gasteiger partial charge in [-0.05, 0) is 6.92 Å². The highest BCUT2D eigenvalue weighted by atomic mass is 19.4. The summed E-state index contributed by atoms with van der Waals surface area (Å²) in [7, 11) is 0. The molecule has 0 aromatic rings. The normalized spacial score (nSPS) is 15.0. The number of hydrogen-bond acceptors (Lipinski definition) is 4. The van der Waals surface area contributed by atoms with E-state index in [0.29, 0.717) is 6.92 Å². The SMILES string of the molecule is C=C(COCCC(O)(C(F)(F)F)C(F)(F)F)C(=O)OC(C)C(F)(F)F. The van der Waals surface area contributed by atoms with Gasteiger partial charge in [0.15, 0.2) is 6.10 Å². The molecule has 0 amide bonds. The van der Waals surface area contributed by atoms with Crippen molar-refractivity contribution in [1.82, 2.24) is 0 Å². The fourth-order valence-electron chi connectivity index (χ4n) is 1.23. The van der Waals surface area contributed by atoms with Crippen LogP contribution in [0, 0.1) is 0 Å². The summed E-state index contributed by atoms with van der Waals surface area (Å²) in [6.07, 6.45) is -21.4. The maximum Gasteiger partial charge on any atom is 0.426 e. The lowest BCUT2D eigenvalue weighted by Gasteiger charge is -2.32. The van der Waals surface area contributed by atoms with Crippen LogP contribution in [0.4, 0.5) is 39.5 Å². The standard InChI is InChI=1S/C12H13F9O4/c1-6(8(22)25-7(2)10(13,14)15)5-24-4-3-9(23,11(16,17)18)12(19,20)21/h7,23H,1,3-5H2,2H3. The summed E-state index contributed by atoms with van der Waals surface area (Å²) < 4.78 is 119. The lowest BCUT2D eigenvalue weighted by molar-refractivity contribution is -0.371. The molecule has 25 heavy (non-hydrogen) atoms. The Labute approximate surface area is 135 Å². The van der Waals surface area contributed by atoms with Crippen molar-refractivity contribution in [2.45, 2.75) is 43.6 Å². The zero-order valence-corrected chi connectivity index (χ0v) is 12.5. The summed E-state index contributed by atoms with van der Waals surface area (Å²) in [4.78, 5) is 11.2. The van der Waals surface area contributed by atoms with E-state index in [-0.39, 0.29) is 0 Å². The largest absolute Gasteiger partial charge is 0.450 e. The molecule has 1 N–H and O–H groups in total. The van der Waals surface area contributed by atoms with Gasteiger partial charge in [0, 0.05) is 6.42 Å². The topological polar surface area (TPSA) is 55.8 Å². The van der Waals surface area contributed by atoms with Gasteiger partial charge in [-0.2, -0.15) is 39.5 Å². The number of esters is 1. The monoisotopic (exact) mass is 392 g/mol. The maximum absolute atomic E-state index is 12.3. The highest BCUT2D eigenvalue weighted by Gasteiger charge is 2.69. The second-order valence-electron chi connectivity index (χ2n) is 4.85. The third-order valence-corrected chi connectivity index (χ3v) is 2.86. The van der Waals surface area contributed by atoms with Crippen molar-refractivity contribution >= 4 is 5.97 Å². The molecule has 0 rings (SSSR count). The Morgan fingerprint density at radius 2 is 1.48 bits per heavy atom. The fraction of sp³-hybridized carbons (Fsp3) is 0.750. The van der Waals surface area contributed by atoms with E-state index in [4.69, 9.17) is 5.11 Å².